The van der Waals surface area contributed by atoms with E-state index in [0.29, 0.717) is 41.5 Å². The molecule has 0 aliphatic carbocycles. The number of rotatable bonds is 4. The van der Waals surface area contributed by atoms with Crippen molar-refractivity contribution in [2.45, 2.75) is 31.3 Å². The Balaban J connectivity index is 1.70. The second kappa shape index (κ2) is 9.34. The molecule has 8 nitrogen and oxygen atoms in total. The predicted molar refractivity (Wildman–Crippen MR) is 125 cm³/mol. The number of anilines is 2. The lowest BCUT2D eigenvalue weighted by Crippen LogP contribution is -2.35. The van der Waals surface area contributed by atoms with Crippen molar-refractivity contribution < 1.29 is 23.4 Å². The molecule has 2 aliphatic rings. The van der Waals surface area contributed by atoms with Gasteiger partial charge in [-0.2, -0.15) is 0 Å². The van der Waals surface area contributed by atoms with E-state index >= 15 is 0 Å². The lowest BCUT2D eigenvalue weighted by Gasteiger charge is -2.24. The van der Waals surface area contributed by atoms with Gasteiger partial charge in [-0.15, -0.1) is 0 Å². The molecular weight excluding hydrogens is 439 g/mol. The van der Waals surface area contributed by atoms with Crippen LogP contribution in [0.15, 0.2) is 36.7 Å². The zero-order chi connectivity index (χ0) is 23.7. The molecular formula is C25H27FN4O4. The molecule has 4 heterocycles. The van der Waals surface area contributed by atoms with Crippen LogP contribution in [0.2, 0.25) is 0 Å². The van der Waals surface area contributed by atoms with Gasteiger partial charge in [0.2, 0.25) is 0 Å². The van der Waals surface area contributed by atoms with Crippen molar-refractivity contribution in [3.05, 3.63) is 53.7 Å². The van der Waals surface area contributed by atoms with Crippen LogP contribution in [0.4, 0.5) is 15.8 Å². The van der Waals surface area contributed by atoms with Gasteiger partial charge in [-0.3, -0.25) is 9.78 Å². The maximum absolute atomic E-state index is 14.4. The number of halogens is 1. The average molecular weight is 467 g/mol. The number of fused-ring (bicyclic) bond motifs is 3. The minimum atomic E-state index is -0.495. The lowest BCUT2D eigenvalue weighted by molar-refractivity contribution is 0.0498. The largest absolute Gasteiger partial charge is 0.492 e. The van der Waals surface area contributed by atoms with Crippen molar-refractivity contribution in [2.75, 3.05) is 32.7 Å². The Morgan fingerprint density at radius 3 is 2.94 bits per heavy atom. The molecule has 0 unspecified atom stereocenters. The van der Waals surface area contributed by atoms with Gasteiger partial charge in [0.25, 0.3) is 5.91 Å². The summed E-state index contributed by atoms with van der Waals surface area (Å²) in [4.78, 5) is 20.8. The normalized spacial score (nSPS) is 19.7. The number of nitrogens with one attached hydrogen (secondary N) is 3. The van der Waals surface area contributed by atoms with Gasteiger partial charge in [0.05, 0.1) is 42.0 Å². The van der Waals surface area contributed by atoms with Gasteiger partial charge < -0.3 is 29.8 Å². The highest BCUT2D eigenvalue weighted by molar-refractivity contribution is 6.07. The van der Waals surface area contributed by atoms with Crippen molar-refractivity contribution in [1.82, 2.24) is 15.3 Å². The van der Waals surface area contributed by atoms with Crippen LogP contribution in [0, 0.1) is 5.82 Å². The molecule has 178 valence electrons. The summed E-state index contributed by atoms with van der Waals surface area (Å²) in [5, 5.41) is 6.30. The Morgan fingerprint density at radius 2 is 2.12 bits per heavy atom. The maximum atomic E-state index is 14.4. The highest BCUT2D eigenvalue weighted by atomic mass is 19.1. The van der Waals surface area contributed by atoms with Crippen molar-refractivity contribution >= 4 is 17.3 Å². The fourth-order valence-electron chi connectivity index (χ4n) is 4.74. The molecule has 3 N–H and O–H groups in total. The molecule has 34 heavy (non-hydrogen) atoms. The lowest BCUT2D eigenvalue weighted by atomic mass is 9.91. The minimum absolute atomic E-state index is 0.0483. The van der Waals surface area contributed by atoms with Gasteiger partial charge in [0.1, 0.15) is 12.4 Å². The summed E-state index contributed by atoms with van der Waals surface area (Å²) in [6.45, 7) is 0.934. The zero-order valence-electron chi connectivity index (χ0n) is 19.1. The monoisotopic (exact) mass is 466 g/mol. The third-order valence-electron chi connectivity index (χ3n) is 6.49. The summed E-state index contributed by atoms with van der Waals surface area (Å²) >= 11 is 0. The molecule has 2 bridgehead atoms. The first kappa shape index (κ1) is 22.2. The minimum Gasteiger partial charge on any atom is -0.492 e. The molecule has 2 aliphatic heterocycles. The Morgan fingerprint density at radius 1 is 1.24 bits per heavy atom. The Labute approximate surface area is 196 Å². The van der Waals surface area contributed by atoms with Gasteiger partial charge >= 0.3 is 0 Å². The highest BCUT2D eigenvalue weighted by Gasteiger charge is 2.34. The van der Waals surface area contributed by atoms with Crippen LogP contribution in [-0.2, 0) is 4.74 Å². The number of benzene rings is 1. The molecule has 0 radical (unpaired) electrons. The first-order valence-corrected chi connectivity index (χ1v) is 11.3. The van der Waals surface area contributed by atoms with E-state index in [1.54, 1.807) is 31.6 Å². The number of para-hydroxylation sites is 1. The fraction of sp³-hybridized carbons (Fsp3) is 0.360. The molecule has 3 aromatic rings. The number of hydrogen-bond acceptors (Lipinski definition) is 6. The van der Waals surface area contributed by atoms with Crippen molar-refractivity contribution in [2.24, 2.45) is 0 Å². The average Bonchev–Trinajstić information content (AvgIpc) is 3.22. The summed E-state index contributed by atoms with van der Waals surface area (Å²) in [6, 6.07) is 6.47. The zero-order valence-corrected chi connectivity index (χ0v) is 19.1. The molecule has 2 aromatic heterocycles. The Hall–Kier alpha value is -3.59. The van der Waals surface area contributed by atoms with E-state index in [9.17, 15) is 9.18 Å². The Bertz CT molecular complexity index is 1210. The molecule has 9 heteroatoms. The topological polar surface area (TPSA) is 97.5 Å². The molecule has 0 fully saturated rings. The highest BCUT2D eigenvalue weighted by Crippen LogP contribution is 2.44. The van der Waals surface area contributed by atoms with Crippen LogP contribution in [0.1, 0.15) is 41.2 Å². The summed E-state index contributed by atoms with van der Waals surface area (Å²) in [5.74, 6) is 0.0655. The van der Waals surface area contributed by atoms with Gasteiger partial charge in [-0.1, -0.05) is 12.5 Å². The number of aromatic amines is 1. The summed E-state index contributed by atoms with van der Waals surface area (Å²) in [6.07, 6.45) is 5.90. The van der Waals surface area contributed by atoms with Crippen LogP contribution in [-0.4, -0.2) is 49.4 Å². The predicted octanol–water partition coefficient (Wildman–Crippen LogP) is 4.37. The van der Waals surface area contributed by atoms with E-state index in [1.165, 1.54) is 13.2 Å². The number of hydrogen-bond donors (Lipinski definition) is 3. The molecule has 1 aromatic carbocycles. The maximum Gasteiger partial charge on any atom is 0.255 e. The first-order valence-electron chi connectivity index (χ1n) is 11.3. The van der Waals surface area contributed by atoms with E-state index in [0.717, 1.165) is 30.5 Å². The van der Waals surface area contributed by atoms with E-state index in [4.69, 9.17) is 14.2 Å². The third kappa shape index (κ3) is 3.96. The fourth-order valence-corrected chi connectivity index (χ4v) is 4.74. The van der Waals surface area contributed by atoms with Gasteiger partial charge in [-0.25, -0.2) is 4.39 Å². The first-order chi connectivity index (χ1) is 16.6. The second-order valence-electron chi connectivity index (χ2n) is 8.49. The Kier molecular flexibility index (Phi) is 6.10. The van der Waals surface area contributed by atoms with E-state index in [1.807, 2.05) is 6.07 Å². The number of carbonyl (C=O) groups excluding carboxylic acids is 1. The van der Waals surface area contributed by atoms with Crippen molar-refractivity contribution in [3.8, 4) is 22.8 Å². The number of pyridine rings is 1. The summed E-state index contributed by atoms with van der Waals surface area (Å²) in [7, 11) is 3.10. The number of ether oxygens (including phenoxy) is 3. The molecule has 5 rings (SSSR count). The van der Waals surface area contributed by atoms with Crippen molar-refractivity contribution in [1.29, 1.82) is 0 Å². The molecule has 0 spiro atoms. The van der Waals surface area contributed by atoms with Gasteiger partial charge in [-0.05, 0) is 31.0 Å². The van der Waals surface area contributed by atoms with Crippen LogP contribution < -0.4 is 20.1 Å². The standard InChI is InChI=1S/C25H27FN4O4/c1-32-15-6-3-5-14-11-28-25(31)20-21(14)30-22(16-9-10-27-12-19(16)34-13-15)23(20)29-18-8-4-7-17(26)24(18)33-2/h4,7-10,12,14-15,29-30H,3,5-6,11,13H2,1-2H3,(H,28,31)/t14-,15+/m1/s1. The number of H-pyrrole nitrogens is 1. The van der Waals surface area contributed by atoms with Crippen LogP contribution >= 0.6 is 0 Å². The van der Waals surface area contributed by atoms with E-state index in [-0.39, 0.29) is 23.7 Å². The number of carbonyl (C=O) groups is 1. The number of methoxy groups -OCH3 is 2. The molecule has 1 amide bonds. The number of amides is 1. The third-order valence-corrected chi connectivity index (χ3v) is 6.49. The summed E-state index contributed by atoms with van der Waals surface area (Å²) in [5.41, 5.74) is 3.74. The molecule has 0 saturated heterocycles. The smallest absolute Gasteiger partial charge is 0.255 e. The number of nitrogens with zero attached hydrogens (tertiary/aromatic N) is 1. The second-order valence-corrected chi connectivity index (χ2v) is 8.49. The molecule has 2 atom stereocenters. The van der Waals surface area contributed by atoms with Gasteiger partial charge in [0, 0.05) is 37.0 Å². The van der Waals surface area contributed by atoms with Gasteiger partial charge in [0.15, 0.2) is 11.6 Å². The van der Waals surface area contributed by atoms with Crippen LogP contribution in [0.3, 0.4) is 0 Å². The molecule has 0 saturated carbocycles. The van der Waals surface area contributed by atoms with E-state index in [2.05, 4.69) is 20.6 Å². The van der Waals surface area contributed by atoms with Crippen LogP contribution in [0.5, 0.6) is 11.5 Å². The summed E-state index contributed by atoms with van der Waals surface area (Å²) < 4.78 is 31.5. The van der Waals surface area contributed by atoms with Crippen LogP contribution in [0.25, 0.3) is 11.3 Å². The SMILES string of the molecule is COc1c(F)cccc1Nc1c2[nH]c3c1C(=O)NC[C@H]3CCC[C@H](OC)COc1cnccc1-2. The number of aromatic nitrogens is 2. The quantitative estimate of drug-likeness (QED) is 0.528. The van der Waals surface area contributed by atoms with Crippen molar-refractivity contribution in [3.63, 3.8) is 0 Å². The van der Waals surface area contributed by atoms with E-state index < -0.39 is 5.82 Å².